The molecule has 1 saturated carbocycles. The molecule has 1 aromatic carbocycles. The monoisotopic (exact) mass is 280 g/mol. The molecule has 0 spiro atoms. The Hall–Kier alpha value is -1.80. The van der Waals surface area contributed by atoms with Crippen LogP contribution in [0.2, 0.25) is 5.02 Å². The second-order valence-electron chi connectivity index (χ2n) is 5.08. The van der Waals surface area contributed by atoms with Crippen molar-refractivity contribution in [1.29, 1.82) is 5.26 Å². The summed E-state index contributed by atoms with van der Waals surface area (Å²) in [5, 5.41) is 18.6. The fourth-order valence-corrected chi connectivity index (χ4v) is 3.34. The van der Waals surface area contributed by atoms with E-state index in [9.17, 15) is 9.18 Å². The summed E-state index contributed by atoms with van der Waals surface area (Å²) in [5.41, 5.74) is -0.151. The first-order valence-corrected chi connectivity index (χ1v) is 6.22. The van der Waals surface area contributed by atoms with Crippen molar-refractivity contribution < 1.29 is 14.3 Å². The van der Waals surface area contributed by atoms with Crippen molar-refractivity contribution in [2.75, 3.05) is 6.54 Å². The molecule has 2 fully saturated rings. The van der Waals surface area contributed by atoms with E-state index in [1.54, 1.807) is 0 Å². The van der Waals surface area contributed by atoms with E-state index in [0.29, 0.717) is 17.0 Å². The van der Waals surface area contributed by atoms with Crippen LogP contribution < -0.4 is 0 Å². The number of nitriles is 1. The number of likely N-dealkylation sites (tertiary alicyclic amines) is 1. The number of piperidine rings is 1. The van der Waals surface area contributed by atoms with Crippen molar-refractivity contribution in [3.05, 3.63) is 34.6 Å². The largest absolute Gasteiger partial charge is 0.465 e. The van der Waals surface area contributed by atoms with Gasteiger partial charge < -0.3 is 5.11 Å². The predicted octanol–water partition coefficient (Wildman–Crippen LogP) is 2.62. The summed E-state index contributed by atoms with van der Waals surface area (Å²) in [5.74, 6) is -0.530. The Bertz CT molecular complexity index is 615. The molecular weight excluding hydrogens is 271 g/mol. The lowest BCUT2D eigenvalue weighted by atomic mass is 9.94. The summed E-state index contributed by atoms with van der Waals surface area (Å²) in [7, 11) is 0. The van der Waals surface area contributed by atoms with Crippen molar-refractivity contribution in [3.8, 4) is 6.07 Å². The van der Waals surface area contributed by atoms with Crippen LogP contribution in [-0.2, 0) is 5.41 Å². The first kappa shape index (κ1) is 12.2. The summed E-state index contributed by atoms with van der Waals surface area (Å²) in [4.78, 5) is 12.2. The van der Waals surface area contributed by atoms with Crippen LogP contribution in [0.25, 0.3) is 0 Å². The van der Waals surface area contributed by atoms with Crippen molar-refractivity contribution in [3.63, 3.8) is 0 Å². The minimum absolute atomic E-state index is 0.137. The third kappa shape index (κ3) is 1.60. The van der Waals surface area contributed by atoms with Gasteiger partial charge in [-0.25, -0.2) is 9.18 Å². The van der Waals surface area contributed by atoms with E-state index in [0.717, 1.165) is 4.90 Å². The van der Waals surface area contributed by atoms with Gasteiger partial charge in [0.15, 0.2) is 0 Å². The number of halogens is 2. The van der Waals surface area contributed by atoms with Crippen LogP contribution in [0.15, 0.2) is 18.2 Å². The third-order valence-electron chi connectivity index (χ3n) is 4.15. The number of carbonyl (C=O) groups is 1. The molecule has 1 aromatic rings. The highest BCUT2D eigenvalue weighted by molar-refractivity contribution is 6.30. The molecule has 2 aliphatic rings. The Morgan fingerprint density at radius 1 is 1.63 bits per heavy atom. The molecule has 1 unspecified atom stereocenters. The number of nitrogens with zero attached hydrogens (tertiary/aromatic N) is 2. The van der Waals surface area contributed by atoms with Crippen LogP contribution in [-0.4, -0.2) is 28.7 Å². The Kier molecular flexibility index (Phi) is 2.48. The molecule has 4 nitrogen and oxygen atoms in total. The molecule has 1 N–H and O–H groups in total. The maximum absolute atomic E-state index is 13.9. The number of rotatable bonds is 1. The number of carboxylic acid groups (broad SMARTS) is 1. The third-order valence-corrected chi connectivity index (χ3v) is 4.38. The van der Waals surface area contributed by atoms with Crippen molar-refractivity contribution >= 4 is 17.7 Å². The molecule has 1 heterocycles. The van der Waals surface area contributed by atoms with Gasteiger partial charge in [-0.15, -0.1) is 0 Å². The summed E-state index contributed by atoms with van der Waals surface area (Å²) in [6.45, 7) is 0.155. The van der Waals surface area contributed by atoms with E-state index in [4.69, 9.17) is 22.0 Å². The summed E-state index contributed by atoms with van der Waals surface area (Å²) in [6, 6.07) is 5.59. The molecule has 0 radical (unpaired) electrons. The van der Waals surface area contributed by atoms with Crippen molar-refractivity contribution in [2.24, 2.45) is 5.92 Å². The summed E-state index contributed by atoms with van der Waals surface area (Å²) in [6.07, 6.45) is -0.507. The van der Waals surface area contributed by atoms with Gasteiger partial charge in [-0.1, -0.05) is 11.6 Å². The topological polar surface area (TPSA) is 64.3 Å². The highest BCUT2D eigenvalue weighted by atomic mass is 35.5. The van der Waals surface area contributed by atoms with Gasteiger partial charge in [0.2, 0.25) is 0 Å². The zero-order valence-corrected chi connectivity index (χ0v) is 10.6. The number of fused-ring (bicyclic) bond motifs is 1. The minimum Gasteiger partial charge on any atom is -0.465 e. The van der Waals surface area contributed by atoms with Gasteiger partial charge in [0, 0.05) is 22.9 Å². The second kappa shape index (κ2) is 3.84. The van der Waals surface area contributed by atoms with E-state index >= 15 is 0 Å². The summed E-state index contributed by atoms with van der Waals surface area (Å²) < 4.78 is 13.9. The molecule has 1 saturated heterocycles. The molecule has 1 aliphatic carbocycles. The van der Waals surface area contributed by atoms with Crippen LogP contribution in [0, 0.1) is 23.1 Å². The smallest absolute Gasteiger partial charge is 0.408 e. The maximum Gasteiger partial charge on any atom is 0.408 e. The average Bonchev–Trinajstić information content (AvgIpc) is 2.99. The standard InChI is InChI=1S/C13H10ClFN2O2/c14-7-1-2-10(15)8(3-7)13-4-9(13)11(5-16)17(6-13)12(18)19/h1-3,9,11H,4,6H2,(H,18,19)/t9-,11?,13+/m0/s1. The minimum atomic E-state index is -1.14. The number of hydrogen-bond acceptors (Lipinski definition) is 2. The van der Waals surface area contributed by atoms with E-state index < -0.39 is 23.4 Å². The maximum atomic E-state index is 13.9. The number of hydrogen-bond donors (Lipinski definition) is 1. The molecule has 6 heteroatoms. The molecule has 0 aromatic heterocycles. The molecular formula is C13H10ClFN2O2. The van der Waals surface area contributed by atoms with Gasteiger partial charge in [-0.2, -0.15) is 5.26 Å². The predicted molar refractivity (Wildman–Crippen MR) is 65.3 cm³/mol. The van der Waals surface area contributed by atoms with Gasteiger partial charge >= 0.3 is 6.09 Å². The van der Waals surface area contributed by atoms with Crippen LogP contribution in [0.4, 0.5) is 9.18 Å². The number of amides is 1. The van der Waals surface area contributed by atoms with Crippen LogP contribution >= 0.6 is 11.6 Å². The van der Waals surface area contributed by atoms with Crippen molar-refractivity contribution in [2.45, 2.75) is 17.9 Å². The molecule has 3 rings (SSSR count). The molecule has 98 valence electrons. The molecule has 19 heavy (non-hydrogen) atoms. The second-order valence-corrected chi connectivity index (χ2v) is 5.51. The summed E-state index contributed by atoms with van der Waals surface area (Å²) >= 11 is 5.88. The fraction of sp³-hybridized carbons (Fsp3) is 0.385. The van der Waals surface area contributed by atoms with Gasteiger partial charge in [0.25, 0.3) is 0 Å². The van der Waals surface area contributed by atoms with E-state index in [1.165, 1.54) is 18.2 Å². The Morgan fingerprint density at radius 2 is 2.37 bits per heavy atom. The highest BCUT2D eigenvalue weighted by Crippen LogP contribution is 2.62. The van der Waals surface area contributed by atoms with Gasteiger partial charge in [0.05, 0.1) is 6.07 Å². The lowest BCUT2D eigenvalue weighted by Gasteiger charge is -2.20. The van der Waals surface area contributed by atoms with Gasteiger partial charge in [-0.3, -0.25) is 4.90 Å². The van der Waals surface area contributed by atoms with E-state index in [1.807, 2.05) is 6.07 Å². The van der Waals surface area contributed by atoms with Crippen LogP contribution in [0.5, 0.6) is 0 Å². The zero-order valence-electron chi connectivity index (χ0n) is 9.81. The van der Waals surface area contributed by atoms with Crippen LogP contribution in [0.1, 0.15) is 12.0 Å². The normalized spacial score (nSPS) is 31.7. The average molecular weight is 281 g/mol. The van der Waals surface area contributed by atoms with Crippen molar-refractivity contribution in [1.82, 2.24) is 4.90 Å². The van der Waals surface area contributed by atoms with E-state index in [-0.39, 0.29) is 12.5 Å². The Morgan fingerprint density at radius 3 is 2.95 bits per heavy atom. The SMILES string of the molecule is N#CC1[C@@H]2C[C@]2(c2cc(Cl)ccc2F)CN1C(=O)O. The molecule has 3 atom stereocenters. The number of benzene rings is 1. The molecule has 0 bridgehead atoms. The fourth-order valence-electron chi connectivity index (χ4n) is 3.17. The molecule has 1 amide bonds. The quantitative estimate of drug-likeness (QED) is 0.860. The van der Waals surface area contributed by atoms with Gasteiger partial charge in [-0.05, 0) is 30.2 Å². The first-order chi connectivity index (χ1) is 8.99. The lowest BCUT2D eigenvalue weighted by molar-refractivity contribution is 0.140. The Labute approximate surface area is 114 Å². The highest BCUT2D eigenvalue weighted by Gasteiger charge is 2.67. The first-order valence-electron chi connectivity index (χ1n) is 5.84. The van der Waals surface area contributed by atoms with Crippen LogP contribution in [0.3, 0.4) is 0 Å². The van der Waals surface area contributed by atoms with Gasteiger partial charge in [0.1, 0.15) is 11.9 Å². The zero-order chi connectivity index (χ0) is 13.8. The molecule has 1 aliphatic heterocycles. The lowest BCUT2D eigenvalue weighted by Crippen LogP contribution is -2.37. The van der Waals surface area contributed by atoms with E-state index in [2.05, 4.69) is 0 Å². The Balaban J connectivity index is 2.02.